The molecule has 2 aromatic rings. The van der Waals surface area contributed by atoms with Crippen LogP contribution in [0.1, 0.15) is 23.0 Å². The molecule has 2 rings (SSSR count). The van der Waals surface area contributed by atoms with E-state index in [4.69, 9.17) is 11.5 Å². The second kappa shape index (κ2) is 5.49. The molecular formula is C12H13F3N4OS. The zero-order valence-electron chi connectivity index (χ0n) is 11.0. The lowest BCUT2D eigenvalue weighted by atomic mass is 10.2. The summed E-state index contributed by atoms with van der Waals surface area (Å²) in [4.78, 5) is 12.0. The summed E-state index contributed by atoms with van der Waals surface area (Å²) >= 11 is 1.19. The van der Waals surface area contributed by atoms with E-state index in [1.807, 2.05) is 0 Å². The van der Waals surface area contributed by atoms with Crippen molar-refractivity contribution in [3.8, 4) is 10.6 Å². The Kier molecular flexibility index (Phi) is 4.06. The van der Waals surface area contributed by atoms with Crippen LogP contribution in [0.2, 0.25) is 0 Å². The second-order valence-electron chi connectivity index (χ2n) is 4.52. The van der Waals surface area contributed by atoms with Gasteiger partial charge in [0.1, 0.15) is 11.4 Å². The van der Waals surface area contributed by atoms with Crippen molar-refractivity contribution in [3.05, 3.63) is 28.8 Å². The molecule has 1 unspecified atom stereocenters. The first kappa shape index (κ1) is 15.5. The Labute approximate surface area is 122 Å². The van der Waals surface area contributed by atoms with Gasteiger partial charge < -0.3 is 11.5 Å². The predicted molar refractivity (Wildman–Crippen MR) is 72.3 cm³/mol. The van der Waals surface area contributed by atoms with E-state index in [0.29, 0.717) is 9.75 Å². The normalized spacial score (nSPS) is 13.4. The molecule has 114 valence electrons. The van der Waals surface area contributed by atoms with Crippen molar-refractivity contribution in [2.24, 2.45) is 18.5 Å². The number of rotatable bonds is 4. The first-order valence-corrected chi connectivity index (χ1v) is 6.75. The molecule has 1 atom stereocenters. The SMILES string of the molecule is Cn1nc(-c2ccc(C(N)CC(N)=O)s2)cc1C(F)(F)F. The van der Waals surface area contributed by atoms with Crippen LogP contribution >= 0.6 is 11.3 Å². The molecule has 2 heterocycles. The summed E-state index contributed by atoms with van der Waals surface area (Å²) in [7, 11) is 1.24. The fraction of sp³-hybridized carbons (Fsp3) is 0.333. The first-order valence-electron chi connectivity index (χ1n) is 5.93. The number of amides is 1. The van der Waals surface area contributed by atoms with E-state index < -0.39 is 23.8 Å². The molecular weight excluding hydrogens is 305 g/mol. The quantitative estimate of drug-likeness (QED) is 0.904. The molecule has 1 amide bonds. The van der Waals surface area contributed by atoms with E-state index in [1.165, 1.54) is 18.4 Å². The van der Waals surface area contributed by atoms with Gasteiger partial charge in [-0.1, -0.05) is 0 Å². The van der Waals surface area contributed by atoms with Gasteiger partial charge in [-0.05, 0) is 18.2 Å². The third-order valence-corrected chi connectivity index (χ3v) is 4.08. The number of nitrogens with zero attached hydrogens (tertiary/aromatic N) is 2. The molecule has 0 bridgehead atoms. The summed E-state index contributed by atoms with van der Waals surface area (Å²) in [6.45, 7) is 0. The minimum absolute atomic E-state index is 0.0179. The van der Waals surface area contributed by atoms with Crippen molar-refractivity contribution in [2.45, 2.75) is 18.6 Å². The predicted octanol–water partition coefficient (Wildman–Crippen LogP) is 2.04. The number of carbonyl (C=O) groups excluding carboxylic acids is 1. The van der Waals surface area contributed by atoms with Crippen molar-refractivity contribution < 1.29 is 18.0 Å². The number of aromatic nitrogens is 2. The smallest absolute Gasteiger partial charge is 0.370 e. The molecule has 9 heteroatoms. The molecule has 0 aliphatic heterocycles. The Bertz CT molecular complexity index is 662. The lowest BCUT2D eigenvalue weighted by molar-refractivity contribution is -0.143. The standard InChI is InChI=1S/C12H13F3N4OS/c1-19-10(12(13,14)15)5-7(18-19)9-3-2-8(21-9)6(16)4-11(17)20/h2-3,5-6H,4,16H2,1H3,(H2,17,20). The Hall–Kier alpha value is -1.87. The number of thiophene rings is 1. The molecule has 0 saturated heterocycles. The van der Waals surface area contributed by atoms with Crippen molar-refractivity contribution in [2.75, 3.05) is 0 Å². The lowest BCUT2D eigenvalue weighted by Gasteiger charge is -2.05. The number of halogens is 3. The van der Waals surface area contributed by atoms with Gasteiger partial charge in [-0.25, -0.2) is 0 Å². The molecule has 0 radical (unpaired) electrons. The third-order valence-electron chi connectivity index (χ3n) is 2.84. The highest BCUT2D eigenvalue weighted by Crippen LogP contribution is 2.35. The van der Waals surface area contributed by atoms with E-state index in [0.717, 1.165) is 10.7 Å². The Balaban J connectivity index is 2.28. The summed E-state index contributed by atoms with van der Waals surface area (Å²) < 4.78 is 39.0. The van der Waals surface area contributed by atoms with Crippen molar-refractivity contribution in [3.63, 3.8) is 0 Å². The highest BCUT2D eigenvalue weighted by atomic mass is 32.1. The average Bonchev–Trinajstić information content (AvgIpc) is 2.92. The molecule has 0 spiro atoms. The maximum absolute atomic E-state index is 12.7. The molecule has 2 aromatic heterocycles. The van der Waals surface area contributed by atoms with Gasteiger partial charge in [0.25, 0.3) is 0 Å². The van der Waals surface area contributed by atoms with Crippen LogP contribution in [0.5, 0.6) is 0 Å². The molecule has 0 aliphatic rings. The Morgan fingerprint density at radius 1 is 1.48 bits per heavy atom. The molecule has 0 saturated carbocycles. The van der Waals surface area contributed by atoms with Crippen LogP contribution in [0, 0.1) is 0 Å². The monoisotopic (exact) mass is 318 g/mol. The average molecular weight is 318 g/mol. The summed E-state index contributed by atoms with van der Waals surface area (Å²) in [6, 6.07) is 3.71. The lowest BCUT2D eigenvalue weighted by Crippen LogP contribution is -2.19. The fourth-order valence-corrected chi connectivity index (χ4v) is 2.83. The summed E-state index contributed by atoms with van der Waals surface area (Å²) in [5, 5.41) is 3.86. The van der Waals surface area contributed by atoms with E-state index in [-0.39, 0.29) is 12.1 Å². The summed E-state index contributed by atoms with van der Waals surface area (Å²) in [6.07, 6.45) is -4.47. The van der Waals surface area contributed by atoms with Crippen LogP contribution in [0.15, 0.2) is 18.2 Å². The molecule has 21 heavy (non-hydrogen) atoms. The molecule has 0 fully saturated rings. The number of carbonyl (C=O) groups is 1. The second-order valence-corrected chi connectivity index (χ2v) is 5.63. The number of hydrogen-bond acceptors (Lipinski definition) is 4. The van der Waals surface area contributed by atoms with Gasteiger partial charge in [0.05, 0.1) is 4.88 Å². The summed E-state index contributed by atoms with van der Waals surface area (Å²) in [5.41, 5.74) is 10.3. The zero-order chi connectivity index (χ0) is 15.8. The van der Waals surface area contributed by atoms with Gasteiger partial charge >= 0.3 is 6.18 Å². The minimum Gasteiger partial charge on any atom is -0.370 e. The highest BCUT2D eigenvalue weighted by Gasteiger charge is 2.35. The third kappa shape index (κ3) is 3.42. The van der Waals surface area contributed by atoms with E-state index >= 15 is 0 Å². The van der Waals surface area contributed by atoms with E-state index in [1.54, 1.807) is 12.1 Å². The topological polar surface area (TPSA) is 86.9 Å². The van der Waals surface area contributed by atoms with Crippen LogP contribution in [0.3, 0.4) is 0 Å². The Morgan fingerprint density at radius 3 is 2.67 bits per heavy atom. The molecule has 4 N–H and O–H groups in total. The van der Waals surface area contributed by atoms with Gasteiger partial charge in [-0.2, -0.15) is 18.3 Å². The molecule has 5 nitrogen and oxygen atoms in total. The summed E-state index contributed by atoms with van der Waals surface area (Å²) in [5.74, 6) is -0.533. The molecule has 0 aliphatic carbocycles. The minimum atomic E-state index is -4.46. The van der Waals surface area contributed by atoms with Gasteiger partial charge in [-0.15, -0.1) is 11.3 Å². The number of primary amides is 1. The van der Waals surface area contributed by atoms with E-state index in [9.17, 15) is 18.0 Å². The Morgan fingerprint density at radius 2 is 2.14 bits per heavy atom. The van der Waals surface area contributed by atoms with Crippen LogP contribution in [-0.2, 0) is 18.0 Å². The van der Waals surface area contributed by atoms with Gasteiger partial charge in [0, 0.05) is 24.4 Å². The highest BCUT2D eigenvalue weighted by molar-refractivity contribution is 7.15. The number of aryl methyl sites for hydroxylation is 1. The first-order chi connectivity index (χ1) is 9.68. The van der Waals surface area contributed by atoms with Crippen LogP contribution in [0.25, 0.3) is 10.6 Å². The zero-order valence-corrected chi connectivity index (χ0v) is 11.8. The maximum atomic E-state index is 12.7. The van der Waals surface area contributed by atoms with Crippen molar-refractivity contribution >= 4 is 17.2 Å². The largest absolute Gasteiger partial charge is 0.433 e. The van der Waals surface area contributed by atoms with Crippen LogP contribution < -0.4 is 11.5 Å². The van der Waals surface area contributed by atoms with Crippen molar-refractivity contribution in [1.29, 1.82) is 0 Å². The number of hydrogen-bond donors (Lipinski definition) is 2. The van der Waals surface area contributed by atoms with Gasteiger partial charge in [-0.3, -0.25) is 9.48 Å². The van der Waals surface area contributed by atoms with Crippen LogP contribution in [-0.4, -0.2) is 15.7 Å². The van der Waals surface area contributed by atoms with Gasteiger partial charge in [0.2, 0.25) is 5.91 Å². The van der Waals surface area contributed by atoms with Crippen molar-refractivity contribution in [1.82, 2.24) is 9.78 Å². The number of alkyl halides is 3. The maximum Gasteiger partial charge on any atom is 0.433 e. The van der Waals surface area contributed by atoms with E-state index in [2.05, 4.69) is 5.10 Å². The number of nitrogens with two attached hydrogens (primary N) is 2. The fourth-order valence-electron chi connectivity index (χ4n) is 1.86. The van der Waals surface area contributed by atoms with Crippen LogP contribution in [0.4, 0.5) is 13.2 Å². The molecule has 0 aromatic carbocycles. The van der Waals surface area contributed by atoms with Gasteiger partial charge in [0.15, 0.2) is 0 Å².